The molecule has 1 saturated heterocycles. The van der Waals surface area contributed by atoms with Gasteiger partial charge in [0, 0.05) is 42.7 Å². The van der Waals surface area contributed by atoms with E-state index in [1.807, 2.05) is 55.6 Å². The molecule has 1 fully saturated rings. The number of rotatable bonds is 5. The van der Waals surface area contributed by atoms with Crippen molar-refractivity contribution in [2.45, 2.75) is 32.4 Å². The third kappa shape index (κ3) is 4.68. The van der Waals surface area contributed by atoms with E-state index in [0.717, 1.165) is 54.6 Å². The van der Waals surface area contributed by atoms with Crippen LogP contribution in [0.3, 0.4) is 0 Å². The summed E-state index contributed by atoms with van der Waals surface area (Å²) in [6.07, 6.45) is 4.20. The van der Waals surface area contributed by atoms with Gasteiger partial charge in [-0.25, -0.2) is 9.97 Å². The third-order valence-electron chi connectivity index (χ3n) is 4.86. The first-order valence-corrected chi connectivity index (χ1v) is 9.56. The van der Waals surface area contributed by atoms with Gasteiger partial charge in [0.05, 0.1) is 5.69 Å². The maximum Gasteiger partial charge on any atom is 0.161 e. The van der Waals surface area contributed by atoms with Crippen molar-refractivity contribution in [2.24, 2.45) is 0 Å². The van der Waals surface area contributed by atoms with Gasteiger partial charge in [0.15, 0.2) is 5.82 Å². The normalized spacial score (nSPS) is 17.6. The predicted molar refractivity (Wildman–Crippen MR) is 108 cm³/mol. The lowest BCUT2D eigenvalue weighted by molar-refractivity contribution is 0.206. The number of likely N-dealkylation sites (tertiary alicyclic amines) is 1. The fourth-order valence-corrected chi connectivity index (χ4v) is 3.61. The lowest BCUT2D eigenvalue weighted by atomic mass is 10.1. The van der Waals surface area contributed by atoms with Crippen molar-refractivity contribution in [3.05, 3.63) is 72.2 Å². The van der Waals surface area contributed by atoms with Gasteiger partial charge in [-0.2, -0.15) is 0 Å². The number of anilines is 1. The largest absolute Gasteiger partial charge is 0.366 e. The fourth-order valence-electron chi connectivity index (χ4n) is 3.61. The molecule has 0 aliphatic carbocycles. The highest BCUT2D eigenvalue weighted by atomic mass is 15.2. The van der Waals surface area contributed by atoms with Crippen LogP contribution in [0.5, 0.6) is 0 Å². The first-order chi connectivity index (χ1) is 13.3. The van der Waals surface area contributed by atoms with Crippen LogP contribution < -0.4 is 5.32 Å². The first kappa shape index (κ1) is 17.6. The summed E-state index contributed by atoms with van der Waals surface area (Å²) in [7, 11) is 0. The molecule has 1 aliphatic heterocycles. The molecule has 1 aliphatic rings. The average molecular weight is 359 g/mol. The summed E-state index contributed by atoms with van der Waals surface area (Å²) in [5, 5.41) is 3.63. The molecule has 5 nitrogen and oxygen atoms in total. The maximum atomic E-state index is 4.75. The summed E-state index contributed by atoms with van der Waals surface area (Å²) in [6, 6.07) is 18.7. The van der Waals surface area contributed by atoms with Gasteiger partial charge in [-0.3, -0.25) is 9.88 Å². The zero-order valence-corrected chi connectivity index (χ0v) is 15.7. The number of pyridine rings is 1. The summed E-state index contributed by atoms with van der Waals surface area (Å²) in [5.41, 5.74) is 3.15. The second-order valence-electron chi connectivity index (χ2n) is 7.12. The molecule has 3 aromatic rings. The van der Waals surface area contributed by atoms with Crippen molar-refractivity contribution in [1.29, 1.82) is 0 Å². The molecule has 27 heavy (non-hydrogen) atoms. The van der Waals surface area contributed by atoms with Crippen LogP contribution in [0.25, 0.3) is 11.4 Å². The van der Waals surface area contributed by atoms with Crippen LogP contribution in [0.1, 0.15) is 24.2 Å². The number of benzene rings is 1. The molecular formula is C22H25N5. The monoisotopic (exact) mass is 359 g/mol. The van der Waals surface area contributed by atoms with Gasteiger partial charge in [0.1, 0.15) is 5.82 Å². The van der Waals surface area contributed by atoms with E-state index in [2.05, 4.69) is 32.3 Å². The van der Waals surface area contributed by atoms with Gasteiger partial charge in [-0.1, -0.05) is 36.4 Å². The molecule has 3 heterocycles. The Morgan fingerprint density at radius 1 is 1.07 bits per heavy atom. The molecule has 5 heteroatoms. The molecule has 138 valence electrons. The van der Waals surface area contributed by atoms with Crippen LogP contribution in [-0.4, -0.2) is 39.0 Å². The molecule has 2 aromatic heterocycles. The molecule has 0 amide bonds. The SMILES string of the molecule is Cc1cc(N[C@@H]2CCCN(Cc3ccccn3)C2)nc(-c2ccccc2)n1. The molecule has 0 bridgehead atoms. The molecule has 4 rings (SSSR count). The van der Waals surface area contributed by atoms with Crippen molar-refractivity contribution in [3.8, 4) is 11.4 Å². The highest BCUT2D eigenvalue weighted by Crippen LogP contribution is 2.20. The van der Waals surface area contributed by atoms with Crippen LogP contribution in [0, 0.1) is 6.92 Å². The van der Waals surface area contributed by atoms with Crippen LogP contribution in [-0.2, 0) is 6.54 Å². The van der Waals surface area contributed by atoms with Crippen molar-refractivity contribution in [1.82, 2.24) is 19.9 Å². The van der Waals surface area contributed by atoms with Crippen LogP contribution in [0.4, 0.5) is 5.82 Å². The van der Waals surface area contributed by atoms with Gasteiger partial charge in [-0.05, 0) is 38.4 Å². The number of hydrogen-bond donors (Lipinski definition) is 1. The highest BCUT2D eigenvalue weighted by molar-refractivity contribution is 5.57. The minimum Gasteiger partial charge on any atom is -0.366 e. The lowest BCUT2D eigenvalue weighted by Crippen LogP contribution is -2.41. The van der Waals surface area contributed by atoms with Gasteiger partial charge < -0.3 is 5.32 Å². The van der Waals surface area contributed by atoms with Crippen LogP contribution in [0.15, 0.2) is 60.8 Å². The molecule has 0 radical (unpaired) electrons. The molecule has 0 unspecified atom stereocenters. The standard InChI is InChI=1S/C22H25N5/c1-17-14-21(26-22(24-17)18-8-3-2-4-9-18)25-20-11-7-13-27(16-20)15-19-10-5-6-12-23-19/h2-6,8-10,12,14,20H,7,11,13,15-16H2,1H3,(H,24,25,26)/t20-/m1/s1. The first-order valence-electron chi connectivity index (χ1n) is 9.56. The number of aryl methyl sites for hydroxylation is 1. The van der Waals surface area contributed by atoms with Crippen LogP contribution >= 0.6 is 0 Å². The molecule has 0 spiro atoms. The summed E-state index contributed by atoms with van der Waals surface area (Å²) in [6.45, 7) is 5.04. The second kappa shape index (κ2) is 8.27. The average Bonchev–Trinajstić information content (AvgIpc) is 2.69. The van der Waals surface area contributed by atoms with E-state index >= 15 is 0 Å². The fraction of sp³-hybridized carbons (Fsp3) is 0.318. The Kier molecular flexibility index (Phi) is 5.39. The van der Waals surface area contributed by atoms with E-state index in [1.165, 1.54) is 6.42 Å². The molecule has 1 atom stereocenters. The van der Waals surface area contributed by atoms with Crippen molar-refractivity contribution in [2.75, 3.05) is 18.4 Å². The van der Waals surface area contributed by atoms with Crippen LogP contribution in [0.2, 0.25) is 0 Å². The Balaban J connectivity index is 1.45. The van der Waals surface area contributed by atoms with E-state index in [-0.39, 0.29) is 0 Å². The van der Waals surface area contributed by atoms with Gasteiger partial charge >= 0.3 is 0 Å². The van der Waals surface area contributed by atoms with Crippen molar-refractivity contribution < 1.29 is 0 Å². The molecular weight excluding hydrogens is 334 g/mol. The Morgan fingerprint density at radius 2 is 1.93 bits per heavy atom. The summed E-state index contributed by atoms with van der Waals surface area (Å²) >= 11 is 0. The number of nitrogens with one attached hydrogen (secondary N) is 1. The minimum absolute atomic E-state index is 0.389. The quantitative estimate of drug-likeness (QED) is 0.748. The van der Waals surface area contributed by atoms with E-state index in [4.69, 9.17) is 4.98 Å². The number of hydrogen-bond acceptors (Lipinski definition) is 5. The molecule has 1 N–H and O–H groups in total. The lowest BCUT2D eigenvalue weighted by Gasteiger charge is -2.33. The van der Waals surface area contributed by atoms with Crippen molar-refractivity contribution in [3.63, 3.8) is 0 Å². The molecule has 0 saturated carbocycles. The number of piperidine rings is 1. The van der Waals surface area contributed by atoms with Gasteiger partial charge in [-0.15, -0.1) is 0 Å². The summed E-state index contributed by atoms with van der Waals surface area (Å²) in [4.78, 5) is 16.3. The zero-order chi connectivity index (χ0) is 18.5. The predicted octanol–water partition coefficient (Wildman–Crippen LogP) is 3.92. The van der Waals surface area contributed by atoms with E-state index in [9.17, 15) is 0 Å². The van der Waals surface area contributed by atoms with Gasteiger partial charge in [0.25, 0.3) is 0 Å². The van der Waals surface area contributed by atoms with E-state index in [1.54, 1.807) is 0 Å². The Morgan fingerprint density at radius 3 is 2.74 bits per heavy atom. The third-order valence-corrected chi connectivity index (χ3v) is 4.86. The molecule has 1 aromatic carbocycles. The number of nitrogens with zero attached hydrogens (tertiary/aromatic N) is 4. The maximum absolute atomic E-state index is 4.75. The zero-order valence-electron chi connectivity index (χ0n) is 15.7. The topological polar surface area (TPSA) is 53.9 Å². The second-order valence-corrected chi connectivity index (χ2v) is 7.12. The van der Waals surface area contributed by atoms with Crippen molar-refractivity contribution >= 4 is 5.82 Å². The highest BCUT2D eigenvalue weighted by Gasteiger charge is 2.21. The Bertz CT molecular complexity index is 866. The van der Waals surface area contributed by atoms with E-state index in [0.29, 0.717) is 6.04 Å². The Hall–Kier alpha value is -2.79. The van der Waals surface area contributed by atoms with E-state index < -0.39 is 0 Å². The Labute approximate surface area is 160 Å². The number of aromatic nitrogens is 3. The summed E-state index contributed by atoms with van der Waals surface area (Å²) in [5.74, 6) is 1.69. The van der Waals surface area contributed by atoms with Gasteiger partial charge in [0.2, 0.25) is 0 Å². The summed E-state index contributed by atoms with van der Waals surface area (Å²) < 4.78 is 0. The minimum atomic E-state index is 0.389. The smallest absolute Gasteiger partial charge is 0.161 e.